The first-order valence-corrected chi connectivity index (χ1v) is 16.3. The second-order valence-corrected chi connectivity index (χ2v) is 11.8. The highest BCUT2D eigenvalue weighted by molar-refractivity contribution is 14.1. The third-order valence-electron chi connectivity index (χ3n) is 4.27. The topological polar surface area (TPSA) is 184 Å². The summed E-state index contributed by atoms with van der Waals surface area (Å²) in [6, 6.07) is 0. The number of nitrogens with two attached hydrogens (primary N) is 1. The average Bonchev–Trinajstić information content (AvgIpc) is 2.99. The van der Waals surface area contributed by atoms with Gasteiger partial charge in [-0.15, -0.1) is 0 Å². The summed E-state index contributed by atoms with van der Waals surface area (Å²) in [5, 5.41) is 5.65. The second-order valence-electron chi connectivity index (χ2n) is 8.95. The van der Waals surface area contributed by atoms with Crippen molar-refractivity contribution in [3.05, 3.63) is 56.5 Å². The Kier molecular flexibility index (Phi) is 23.2. The third kappa shape index (κ3) is 22.8. The van der Waals surface area contributed by atoms with E-state index in [1.807, 2.05) is 0 Å². The van der Waals surface area contributed by atoms with Crippen LogP contribution in [0.1, 0.15) is 20.8 Å². The summed E-state index contributed by atoms with van der Waals surface area (Å²) < 4.78 is 17.6. The summed E-state index contributed by atoms with van der Waals surface area (Å²) in [6.45, 7) is 7.08. The molecule has 0 atom stereocenters. The molecule has 4 N–H and O–H groups in total. The number of hydrogen-bond acceptors (Lipinski definition) is 11. The lowest BCUT2D eigenvalue weighted by atomic mass is 10.2. The van der Waals surface area contributed by atoms with Crippen LogP contribution < -0.4 is 25.8 Å². The van der Waals surface area contributed by atoms with E-state index in [0.29, 0.717) is 24.9 Å². The Bertz CT molecular complexity index is 1170. The Morgan fingerprint density at radius 3 is 1.80 bits per heavy atom. The molecule has 2 heterocycles. The van der Waals surface area contributed by atoms with E-state index in [0.717, 1.165) is 12.7 Å². The van der Waals surface area contributed by atoms with Gasteiger partial charge in [-0.2, -0.15) is 0 Å². The number of allylic oxidation sites excluding steroid dienone is 1. The number of nitrogens with zero attached hydrogens (tertiary/aromatic N) is 5. The Morgan fingerprint density at radius 1 is 0.886 bits per heavy atom. The zero-order valence-electron chi connectivity index (χ0n) is 25.3. The molecular formula is C27H39BrI2N8O6. The van der Waals surface area contributed by atoms with Crippen LogP contribution in [0, 0.1) is 7.40 Å². The normalized spacial score (nSPS) is 10.6. The number of carbonyl (C=O) groups excluding carboxylic acids is 3. The fraction of sp³-hybridized carbons (Fsp3) is 0.444. The van der Waals surface area contributed by atoms with E-state index >= 15 is 0 Å². The molecule has 2 aromatic heterocycles. The van der Waals surface area contributed by atoms with E-state index in [9.17, 15) is 14.4 Å². The minimum Gasteiger partial charge on any atom is -0.475 e. The monoisotopic (exact) mass is 904 g/mol. The van der Waals surface area contributed by atoms with Crippen LogP contribution in [0.4, 0.5) is 4.79 Å². The molecule has 244 valence electrons. The Morgan fingerprint density at radius 2 is 1.39 bits per heavy atom. The van der Waals surface area contributed by atoms with Gasteiger partial charge in [-0.05, 0) is 72.0 Å². The van der Waals surface area contributed by atoms with E-state index < -0.39 is 11.7 Å². The zero-order chi connectivity index (χ0) is 33.4. The van der Waals surface area contributed by atoms with Gasteiger partial charge in [-0.1, -0.05) is 28.1 Å². The van der Waals surface area contributed by atoms with Crippen molar-refractivity contribution >= 4 is 79.0 Å². The summed E-state index contributed by atoms with van der Waals surface area (Å²) in [6.07, 6.45) is 12.0. The lowest BCUT2D eigenvalue weighted by Gasteiger charge is -2.26. The van der Waals surface area contributed by atoms with Crippen molar-refractivity contribution in [2.24, 2.45) is 5.73 Å². The lowest BCUT2D eigenvalue weighted by Crippen LogP contribution is -2.39. The first-order valence-electron chi connectivity index (χ1n) is 13.1. The number of hydrogen-bond donors (Lipinski definition) is 3. The number of carbonyl (C=O) groups is 3. The minimum atomic E-state index is -0.609. The summed E-state index contributed by atoms with van der Waals surface area (Å²) in [7, 11) is 3.13. The van der Waals surface area contributed by atoms with Crippen molar-refractivity contribution in [2.45, 2.75) is 26.4 Å². The van der Waals surface area contributed by atoms with E-state index in [2.05, 4.69) is 91.7 Å². The lowest BCUT2D eigenvalue weighted by molar-refractivity contribution is -0.116. The van der Waals surface area contributed by atoms with Crippen LogP contribution in [-0.4, -0.2) is 101 Å². The molecule has 0 saturated heterocycles. The number of halogens is 3. The molecule has 0 aliphatic carbocycles. The molecule has 2 aromatic rings. The van der Waals surface area contributed by atoms with Gasteiger partial charge in [-0.3, -0.25) is 9.59 Å². The molecule has 0 radical (unpaired) electrons. The van der Waals surface area contributed by atoms with Crippen LogP contribution in [0.2, 0.25) is 0 Å². The largest absolute Gasteiger partial charge is 0.475 e. The number of ether oxygens (including phenoxy) is 3. The van der Waals surface area contributed by atoms with E-state index in [1.54, 1.807) is 58.6 Å². The molecule has 44 heavy (non-hydrogen) atoms. The second kappa shape index (κ2) is 24.6. The van der Waals surface area contributed by atoms with Gasteiger partial charge in [-0.25, -0.2) is 24.7 Å². The Balaban J connectivity index is 0.000000793. The first kappa shape index (κ1) is 41.4. The van der Waals surface area contributed by atoms with Crippen LogP contribution in [0.3, 0.4) is 0 Å². The van der Waals surface area contributed by atoms with Crippen molar-refractivity contribution in [1.82, 2.24) is 35.5 Å². The summed E-state index contributed by atoms with van der Waals surface area (Å²) in [4.78, 5) is 51.4. The maximum atomic E-state index is 12.3. The predicted octanol–water partition coefficient (Wildman–Crippen LogP) is 3.10. The Labute approximate surface area is 293 Å². The SMILES string of the molecule is CNC(=O)/C=C/CBr.CNC(=O)/C=C/CN(CCOc1cnc(I)cn1)C(=O)OC(C)(C)C.NCCOc1cnc(I)cn1. The molecule has 0 spiro atoms. The molecule has 0 aliphatic heterocycles. The number of likely N-dealkylation sites (N-methyl/N-ethyl adjacent to an activating group) is 2. The molecule has 0 fully saturated rings. The zero-order valence-corrected chi connectivity index (χ0v) is 31.2. The van der Waals surface area contributed by atoms with Crippen molar-refractivity contribution in [3.8, 4) is 11.8 Å². The number of nitrogens with one attached hydrogen (secondary N) is 2. The fourth-order valence-electron chi connectivity index (χ4n) is 2.36. The van der Waals surface area contributed by atoms with Crippen LogP contribution in [-0.2, 0) is 14.3 Å². The highest BCUT2D eigenvalue weighted by Gasteiger charge is 2.21. The smallest absolute Gasteiger partial charge is 0.410 e. The predicted molar refractivity (Wildman–Crippen MR) is 188 cm³/mol. The third-order valence-corrected chi connectivity index (χ3v) is 5.76. The summed E-state index contributed by atoms with van der Waals surface area (Å²) in [5.74, 6) is 0.598. The van der Waals surface area contributed by atoms with Gasteiger partial charge in [0.1, 0.15) is 26.2 Å². The quantitative estimate of drug-likeness (QED) is 0.162. The van der Waals surface area contributed by atoms with Gasteiger partial charge in [0.2, 0.25) is 23.6 Å². The molecule has 0 bridgehead atoms. The molecule has 2 rings (SSSR count). The molecular weight excluding hydrogens is 866 g/mol. The van der Waals surface area contributed by atoms with Gasteiger partial charge in [0.15, 0.2) is 0 Å². The summed E-state index contributed by atoms with van der Waals surface area (Å²) >= 11 is 7.27. The molecule has 0 unspecified atom stereocenters. The van der Waals surface area contributed by atoms with Gasteiger partial charge in [0.05, 0.1) is 31.3 Å². The van der Waals surface area contributed by atoms with Gasteiger partial charge >= 0.3 is 6.09 Å². The molecule has 0 saturated carbocycles. The minimum absolute atomic E-state index is 0.0653. The van der Waals surface area contributed by atoms with Crippen molar-refractivity contribution < 1.29 is 28.6 Å². The molecule has 17 heteroatoms. The molecule has 14 nitrogen and oxygen atoms in total. The number of rotatable bonds is 12. The van der Waals surface area contributed by atoms with Crippen molar-refractivity contribution in [3.63, 3.8) is 0 Å². The van der Waals surface area contributed by atoms with Crippen LogP contribution in [0.25, 0.3) is 0 Å². The van der Waals surface area contributed by atoms with Crippen LogP contribution in [0.15, 0.2) is 49.1 Å². The maximum absolute atomic E-state index is 12.3. The average molecular weight is 905 g/mol. The van der Waals surface area contributed by atoms with E-state index in [-0.39, 0.29) is 31.5 Å². The van der Waals surface area contributed by atoms with Gasteiger partial charge in [0, 0.05) is 38.6 Å². The summed E-state index contributed by atoms with van der Waals surface area (Å²) in [5.41, 5.74) is 4.62. The maximum Gasteiger partial charge on any atom is 0.410 e. The molecule has 0 aromatic carbocycles. The standard InChI is InChI=1S/C16H23IN4O4.C6H8IN3O.C5H8BrNO/c1-16(2,3)25-15(23)21(7-5-6-13(22)18-4)8-9-24-14-11-19-12(17)10-20-14;7-5-3-10-6(4-9-5)11-2-1-8;1-7-5(8)3-2-4-6/h5-6,10-11H,7-9H2,1-4H3,(H,18,22);3-4H,1-2,8H2;2-3H,4H2,1H3,(H,7,8)/b6-5+;;3-2+. The van der Waals surface area contributed by atoms with E-state index in [4.69, 9.17) is 19.9 Å². The van der Waals surface area contributed by atoms with Gasteiger partial charge in [0.25, 0.3) is 0 Å². The van der Waals surface area contributed by atoms with E-state index in [1.165, 1.54) is 30.3 Å². The molecule has 0 aliphatic rings. The fourth-order valence-corrected chi connectivity index (χ4v) is 3.11. The first-order chi connectivity index (χ1) is 20.8. The van der Waals surface area contributed by atoms with Crippen molar-refractivity contribution in [1.29, 1.82) is 0 Å². The molecule has 3 amide bonds. The number of amides is 3. The van der Waals surface area contributed by atoms with Crippen molar-refractivity contribution in [2.75, 3.05) is 52.3 Å². The van der Waals surface area contributed by atoms with Crippen LogP contribution >= 0.6 is 61.1 Å². The van der Waals surface area contributed by atoms with Gasteiger partial charge < -0.3 is 35.5 Å². The number of alkyl halides is 1. The number of aromatic nitrogens is 4. The van der Waals surface area contributed by atoms with Crippen LogP contribution in [0.5, 0.6) is 11.8 Å². The Hall–Kier alpha value is -2.65. The highest BCUT2D eigenvalue weighted by atomic mass is 127. The highest BCUT2D eigenvalue weighted by Crippen LogP contribution is 2.11.